The van der Waals surface area contributed by atoms with Crippen LogP contribution in [-0.2, 0) is 9.59 Å². The standard InChI is InChI=1S/C18H20N2O4/c1-13-8-9-16(10-14(13)2)24-12-18(22)20-19-17(21)11-23-15-6-4-3-5-7-15/h3-10H,11-12H2,1-2H3,(H,19,21)(H,20,22). The van der Waals surface area contributed by atoms with E-state index in [0.717, 1.165) is 11.1 Å². The highest BCUT2D eigenvalue weighted by Gasteiger charge is 2.07. The van der Waals surface area contributed by atoms with Gasteiger partial charge in [0.25, 0.3) is 11.8 Å². The average molecular weight is 328 g/mol. The molecule has 2 aromatic rings. The van der Waals surface area contributed by atoms with Crippen molar-refractivity contribution in [3.8, 4) is 11.5 Å². The van der Waals surface area contributed by atoms with Crippen LogP contribution in [0.1, 0.15) is 11.1 Å². The van der Waals surface area contributed by atoms with Gasteiger partial charge in [-0.3, -0.25) is 20.4 Å². The molecule has 6 nitrogen and oxygen atoms in total. The number of ether oxygens (including phenoxy) is 2. The van der Waals surface area contributed by atoms with Crippen molar-refractivity contribution in [3.63, 3.8) is 0 Å². The van der Waals surface area contributed by atoms with Crippen LogP contribution in [0.3, 0.4) is 0 Å². The number of hydrazine groups is 1. The Morgan fingerprint density at radius 3 is 1.96 bits per heavy atom. The van der Waals surface area contributed by atoms with E-state index in [1.165, 1.54) is 0 Å². The van der Waals surface area contributed by atoms with Crippen LogP contribution in [0.2, 0.25) is 0 Å². The molecule has 0 spiro atoms. The van der Waals surface area contributed by atoms with E-state index >= 15 is 0 Å². The maximum Gasteiger partial charge on any atom is 0.276 e. The number of carbonyl (C=O) groups is 2. The SMILES string of the molecule is Cc1ccc(OCC(=O)NNC(=O)COc2ccccc2)cc1C. The van der Waals surface area contributed by atoms with E-state index < -0.39 is 11.8 Å². The fourth-order valence-electron chi connectivity index (χ4n) is 1.83. The van der Waals surface area contributed by atoms with Crippen molar-refractivity contribution in [2.75, 3.05) is 13.2 Å². The zero-order valence-electron chi connectivity index (χ0n) is 13.7. The quantitative estimate of drug-likeness (QED) is 0.794. The van der Waals surface area contributed by atoms with Crippen LogP contribution >= 0.6 is 0 Å². The third-order valence-corrected chi connectivity index (χ3v) is 3.30. The molecule has 2 rings (SSSR count). The largest absolute Gasteiger partial charge is 0.484 e. The molecule has 2 aromatic carbocycles. The molecule has 2 amide bonds. The first kappa shape index (κ1) is 17.3. The van der Waals surface area contributed by atoms with E-state index in [-0.39, 0.29) is 13.2 Å². The lowest BCUT2D eigenvalue weighted by molar-refractivity contribution is -0.131. The maximum absolute atomic E-state index is 11.7. The summed E-state index contributed by atoms with van der Waals surface area (Å²) < 4.78 is 10.6. The van der Waals surface area contributed by atoms with Crippen LogP contribution in [0, 0.1) is 13.8 Å². The molecule has 126 valence electrons. The zero-order chi connectivity index (χ0) is 17.4. The first-order valence-electron chi connectivity index (χ1n) is 7.50. The molecule has 0 atom stereocenters. The van der Waals surface area contributed by atoms with E-state index in [4.69, 9.17) is 9.47 Å². The Labute approximate surface area is 140 Å². The van der Waals surface area contributed by atoms with Gasteiger partial charge in [-0.2, -0.15) is 0 Å². The summed E-state index contributed by atoms with van der Waals surface area (Å²) in [6.07, 6.45) is 0. The van der Waals surface area contributed by atoms with Crippen molar-refractivity contribution in [2.24, 2.45) is 0 Å². The molecule has 0 saturated carbocycles. The van der Waals surface area contributed by atoms with Gasteiger partial charge in [-0.25, -0.2) is 0 Å². The fourth-order valence-corrected chi connectivity index (χ4v) is 1.83. The van der Waals surface area contributed by atoms with Crippen LogP contribution in [0.4, 0.5) is 0 Å². The second-order valence-electron chi connectivity index (χ2n) is 5.23. The van der Waals surface area contributed by atoms with Crippen molar-refractivity contribution < 1.29 is 19.1 Å². The van der Waals surface area contributed by atoms with Gasteiger partial charge < -0.3 is 9.47 Å². The Balaban J connectivity index is 1.67. The summed E-state index contributed by atoms with van der Waals surface area (Å²) in [6, 6.07) is 14.5. The topological polar surface area (TPSA) is 76.7 Å². The average Bonchev–Trinajstić information content (AvgIpc) is 2.60. The van der Waals surface area contributed by atoms with Crippen molar-refractivity contribution in [3.05, 3.63) is 59.7 Å². The number of hydrogen-bond acceptors (Lipinski definition) is 4. The Hall–Kier alpha value is -3.02. The second kappa shape index (κ2) is 8.57. The molecular weight excluding hydrogens is 308 g/mol. The smallest absolute Gasteiger partial charge is 0.276 e. The Morgan fingerprint density at radius 2 is 1.38 bits per heavy atom. The minimum atomic E-state index is -0.460. The van der Waals surface area contributed by atoms with Crippen LogP contribution < -0.4 is 20.3 Å². The number of benzene rings is 2. The molecule has 0 radical (unpaired) electrons. The lowest BCUT2D eigenvalue weighted by Crippen LogP contribution is -2.45. The number of para-hydroxylation sites is 1. The monoisotopic (exact) mass is 328 g/mol. The Morgan fingerprint density at radius 1 is 0.792 bits per heavy atom. The fraction of sp³-hybridized carbons (Fsp3) is 0.222. The molecule has 0 aliphatic heterocycles. The van der Waals surface area contributed by atoms with Crippen molar-refractivity contribution in [1.29, 1.82) is 0 Å². The number of rotatable bonds is 6. The Bertz CT molecular complexity index is 701. The molecule has 0 unspecified atom stereocenters. The summed E-state index contributed by atoms with van der Waals surface area (Å²) in [4.78, 5) is 23.2. The highest BCUT2D eigenvalue weighted by molar-refractivity contribution is 5.83. The summed E-state index contributed by atoms with van der Waals surface area (Å²) >= 11 is 0. The van der Waals surface area contributed by atoms with Gasteiger partial charge in [0.2, 0.25) is 0 Å². The van der Waals surface area contributed by atoms with E-state index in [9.17, 15) is 9.59 Å². The summed E-state index contributed by atoms with van der Waals surface area (Å²) in [7, 11) is 0. The summed E-state index contributed by atoms with van der Waals surface area (Å²) in [5.41, 5.74) is 6.77. The molecule has 0 heterocycles. The highest BCUT2D eigenvalue weighted by atomic mass is 16.5. The maximum atomic E-state index is 11.7. The molecule has 0 fully saturated rings. The van der Waals surface area contributed by atoms with Gasteiger partial charge in [-0.15, -0.1) is 0 Å². The molecular formula is C18H20N2O4. The van der Waals surface area contributed by atoms with Crippen LogP contribution in [-0.4, -0.2) is 25.0 Å². The number of carbonyl (C=O) groups excluding carboxylic acids is 2. The van der Waals surface area contributed by atoms with Crippen LogP contribution in [0.5, 0.6) is 11.5 Å². The summed E-state index contributed by atoms with van der Waals surface area (Å²) in [5, 5.41) is 0. The van der Waals surface area contributed by atoms with E-state index in [2.05, 4.69) is 10.9 Å². The summed E-state index contributed by atoms with van der Waals surface area (Å²) in [5.74, 6) is 0.267. The summed E-state index contributed by atoms with van der Waals surface area (Å²) in [6.45, 7) is 3.58. The Kier molecular flexibility index (Phi) is 6.19. The van der Waals surface area contributed by atoms with Gasteiger partial charge in [0.15, 0.2) is 13.2 Å². The lowest BCUT2D eigenvalue weighted by atomic mass is 10.1. The second-order valence-corrected chi connectivity index (χ2v) is 5.23. The molecule has 0 aliphatic rings. The van der Waals surface area contributed by atoms with Gasteiger partial charge in [0.05, 0.1) is 0 Å². The van der Waals surface area contributed by atoms with Gasteiger partial charge in [0.1, 0.15) is 11.5 Å². The third-order valence-electron chi connectivity index (χ3n) is 3.30. The number of nitrogens with one attached hydrogen (secondary N) is 2. The minimum absolute atomic E-state index is 0.192. The number of aryl methyl sites for hydroxylation is 2. The van der Waals surface area contributed by atoms with Crippen molar-refractivity contribution >= 4 is 11.8 Å². The molecule has 24 heavy (non-hydrogen) atoms. The van der Waals surface area contributed by atoms with Gasteiger partial charge in [-0.05, 0) is 49.2 Å². The van der Waals surface area contributed by atoms with E-state index in [1.54, 1.807) is 30.3 Å². The minimum Gasteiger partial charge on any atom is -0.484 e. The first-order valence-corrected chi connectivity index (χ1v) is 7.50. The van der Waals surface area contributed by atoms with E-state index in [1.807, 2.05) is 32.0 Å². The highest BCUT2D eigenvalue weighted by Crippen LogP contribution is 2.16. The predicted octanol–water partition coefficient (Wildman–Crippen LogP) is 1.91. The first-order chi connectivity index (χ1) is 11.5. The molecule has 0 aromatic heterocycles. The van der Waals surface area contributed by atoms with Crippen LogP contribution in [0.25, 0.3) is 0 Å². The van der Waals surface area contributed by atoms with E-state index in [0.29, 0.717) is 11.5 Å². The van der Waals surface area contributed by atoms with Crippen LogP contribution in [0.15, 0.2) is 48.5 Å². The molecule has 0 saturated heterocycles. The van der Waals surface area contributed by atoms with Gasteiger partial charge in [-0.1, -0.05) is 24.3 Å². The molecule has 0 bridgehead atoms. The van der Waals surface area contributed by atoms with Gasteiger partial charge in [0, 0.05) is 0 Å². The van der Waals surface area contributed by atoms with Gasteiger partial charge >= 0.3 is 0 Å². The van der Waals surface area contributed by atoms with Crippen molar-refractivity contribution in [2.45, 2.75) is 13.8 Å². The van der Waals surface area contributed by atoms with Crippen molar-refractivity contribution in [1.82, 2.24) is 10.9 Å². The molecule has 6 heteroatoms. The molecule has 2 N–H and O–H groups in total. The number of amides is 2. The normalized spacial score (nSPS) is 9.92. The molecule has 0 aliphatic carbocycles. The predicted molar refractivity (Wildman–Crippen MR) is 89.6 cm³/mol. The lowest BCUT2D eigenvalue weighted by Gasteiger charge is -2.10. The number of hydrogen-bond donors (Lipinski definition) is 2. The zero-order valence-corrected chi connectivity index (χ0v) is 13.7. The third kappa shape index (κ3) is 5.64.